The third-order valence-corrected chi connectivity index (χ3v) is 4.53. The molecule has 0 saturated carbocycles. The molecule has 0 aliphatic rings. The fourth-order valence-electron chi connectivity index (χ4n) is 3.14. The SMILES string of the molecule is CC(=O)O.CCOCn1c(CN)nc2c1c(=O)n(CCCC[C@@H](C)OC(C)=O)c(=O)n2C. The first-order chi connectivity index (χ1) is 15.0. The zero-order valence-electron chi connectivity index (χ0n) is 19.3. The van der Waals surface area contributed by atoms with E-state index in [1.54, 1.807) is 11.6 Å². The Hall–Kier alpha value is -2.99. The fourth-order valence-corrected chi connectivity index (χ4v) is 3.14. The highest BCUT2D eigenvalue weighted by atomic mass is 16.5. The van der Waals surface area contributed by atoms with Crippen LogP contribution in [0.25, 0.3) is 11.2 Å². The molecule has 12 heteroatoms. The number of hydrogen-bond donors (Lipinski definition) is 2. The molecule has 0 bridgehead atoms. The highest BCUT2D eigenvalue weighted by Gasteiger charge is 2.19. The minimum atomic E-state index is -0.833. The lowest BCUT2D eigenvalue weighted by molar-refractivity contribution is -0.145. The van der Waals surface area contributed by atoms with E-state index in [0.717, 1.165) is 6.92 Å². The van der Waals surface area contributed by atoms with Gasteiger partial charge in [-0.3, -0.25) is 28.1 Å². The smallest absolute Gasteiger partial charge is 0.332 e. The molecule has 180 valence electrons. The maximum Gasteiger partial charge on any atom is 0.332 e. The van der Waals surface area contributed by atoms with Gasteiger partial charge in [-0.25, -0.2) is 9.78 Å². The summed E-state index contributed by atoms with van der Waals surface area (Å²) >= 11 is 0. The number of fused-ring (bicyclic) bond motifs is 1. The molecule has 32 heavy (non-hydrogen) atoms. The lowest BCUT2D eigenvalue weighted by atomic mass is 10.2. The lowest BCUT2D eigenvalue weighted by Crippen LogP contribution is -2.39. The molecular weight excluding hydrogens is 422 g/mol. The van der Waals surface area contributed by atoms with Crippen LogP contribution in [0, 0.1) is 0 Å². The summed E-state index contributed by atoms with van der Waals surface area (Å²) in [7, 11) is 1.59. The number of hydrogen-bond acceptors (Lipinski definition) is 8. The highest BCUT2D eigenvalue weighted by Crippen LogP contribution is 2.12. The van der Waals surface area contributed by atoms with Crippen molar-refractivity contribution in [3.63, 3.8) is 0 Å². The van der Waals surface area contributed by atoms with E-state index >= 15 is 0 Å². The maximum absolute atomic E-state index is 13.0. The molecule has 0 aliphatic carbocycles. The summed E-state index contributed by atoms with van der Waals surface area (Å²) in [4.78, 5) is 50.0. The average Bonchev–Trinajstić information content (AvgIpc) is 3.07. The van der Waals surface area contributed by atoms with Gasteiger partial charge in [0.05, 0.1) is 12.6 Å². The van der Waals surface area contributed by atoms with Gasteiger partial charge in [-0.1, -0.05) is 0 Å². The molecule has 0 radical (unpaired) electrons. The number of ether oxygens (including phenoxy) is 2. The molecule has 12 nitrogen and oxygen atoms in total. The summed E-state index contributed by atoms with van der Waals surface area (Å²) < 4.78 is 14.7. The van der Waals surface area contributed by atoms with Crippen molar-refractivity contribution in [1.29, 1.82) is 0 Å². The Balaban J connectivity index is 0.00000118. The Morgan fingerprint density at radius 3 is 2.34 bits per heavy atom. The number of carbonyl (C=O) groups excluding carboxylic acids is 1. The number of unbranched alkanes of at least 4 members (excludes halogenated alkanes) is 1. The number of carboxylic acid groups (broad SMARTS) is 1. The van der Waals surface area contributed by atoms with Crippen molar-refractivity contribution in [1.82, 2.24) is 18.7 Å². The number of aliphatic carboxylic acids is 1. The van der Waals surface area contributed by atoms with Gasteiger partial charge in [0.1, 0.15) is 12.6 Å². The monoisotopic (exact) mass is 455 g/mol. The average molecular weight is 456 g/mol. The van der Waals surface area contributed by atoms with E-state index in [0.29, 0.717) is 42.9 Å². The molecule has 2 heterocycles. The number of carboxylic acids is 1. The summed E-state index contributed by atoms with van der Waals surface area (Å²) in [6.07, 6.45) is 1.79. The second kappa shape index (κ2) is 12.8. The standard InChI is InChI=1S/C18H29N5O5.C2H4O2/c1-5-27-11-23-14(10-19)20-16-15(23)17(25)22(18(26)21(16)4)9-7-6-8-12(2)28-13(3)24;1-2(3)4/h12H,5-11,19H2,1-4H3;1H3,(H,3,4)/t12-;/m1./s1. The van der Waals surface area contributed by atoms with Gasteiger partial charge in [-0.05, 0) is 33.1 Å². The molecule has 0 amide bonds. The number of nitrogens with two attached hydrogens (primary N) is 1. The van der Waals surface area contributed by atoms with Crippen LogP contribution in [0.5, 0.6) is 0 Å². The third-order valence-electron chi connectivity index (χ3n) is 4.53. The number of imidazole rings is 1. The van der Waals surface area contributed by atoms with Gasteiger partial charge in [0.25, 0.3) is 11.5 Å². The van der Waals surface area contributed by atoms with Crippen molar-refractivity contribution < 1.29 is 24.2 Å². The molecule has 1 atom stereocenters. The molecule has 0 unspecified atom stereocenters. The largest absolute Gasteiger partial charge is 0.481 e. The fraction of sp³-hybridized carbons (Fsp3) is 0.650. The van der Waals surface area contributed by atoms with Gasteiger partial charge < -0.3 is 20.3 Å². The van der Waals surface area contributed by atoms with Gasteiger partial charge in [0.15, 0.2) is 11.2 Å². The van der Waals surface area contributed by atoms with Crippen molar-refractivity contribution in [3.05, 3.63) is 26.7 Å². The van der Waals surface area contributed by atoms with E-state index in [1.807, 2.05) is 13.8 Å². The van der Waals surface area contributed by atoms with E-state index < -0.39 is 17.2 Å². The van der Waals surface area contributed by atoms with Crippen LogP contribution in [-0.4, -0.2) is 48.4 Å². The van der Waals surface area contributed by atoms with E-state index in [-0.39, 0.29) is 31.9 Å². The van der Waals surface area contributed by atoms with Crippen LogP contribution in [0.15, 0.2) is 9.59 Å². The predicted molar refractivity (Wildman–Crippen MR) is 117 cm³/mol. The van der Waals surface area contributed by atoms with Crippen LogP contribution < -0.4 is 17.0 Å². The third kappa shape index (κ3) is 7.31. The van der Waals surface area contributed by atoms with Crippen LogP contribution in [-0.2, 0) is 45.9 Å². The molecule has 0 fully saturated rings. The molecule has 0 spiro atoms. The second-order valence-electron chi connectivity index (χ2n) is 7.19. The first-order valence-corrected chi connectivity index (χ1v) is 10.4. The van der Waals surface area contributed by atoms with Crippen LogP contribution in [0.4, 0.5) is 0 Å². The molecule has 2 rings (SSSR count). The number of aromatic nitrogens is 4. The van der Waals surface area contributed by atoms with E-state index in [9.17, 15) is 14.4 Å². The quantitative estimate of drug-likeness (QED) is 0.385. The van der Waals surface area contributed by atoms with Crippen LogP contribution in [0.2, 0.25) is 0 Å². The zero-order valence-corrected chi connectivity index (χ0v) is 19.3. The molecule has 2 aromatic heterocycles. The second-order valence-corrected chi connectivity index (χ2v) is 7.19. The number of rotatable bonds is 10. The zero-order chi connectivity index (χ0) is 24.4. The molecule has 0 saturated heterocycles. The van der Waals surface area contributed by atoms with Crippen molar-refractivity contribution in [3.8, 4) is 0 Å². The molecular formula is C20H33N5O7. The minimum absolute atomic E-state index is 0.128. The number of nitrogens with zero attached hydrogens (tertiary/aromatic N) is 4. The Morgan fingerprint density at radius 2 is 1.81 bits per heavy atom. The Morgan fingerprint density at radius 1 is 1.19 bits per heavy atom. The summed E-state index contributed by atoms with van der Waals surface area (Å²) in [5, 5.41) is 7.42. The van der Waals surface area contributed by atoms with Crippen LogP contribution in [0.1, 0.15) is 52.8 Å². The van der Waals surface area contributed by atoms with Crippen LogP contribution in [0.3, 0.4) is 0 Å². The van der Waals surface area contributed by atoms with Crippen LogP contribution >= 0.6 is 0 Å². The minimum Gasteiger partial charge on any atom is -0.481 e. The summed E-state index contributed by atoms with van der Waals surface area (Å²) in [5.74, 6) is -0.662. The number of esters is 1. The molecule has 3 N–H and O–H groups in total. The summed E-state index contributed by atoms with van der Waals surface area (Å²) in [6, 6.07) is 0. The maximum atomic E-state index is 13.0. The Kier molecular flexibility index (Phi) is 10.8. The lowest BCUT2D eigenvalue weighted by Gasteiger charge is -2.12. The van der Waals surface area contributed by atoms with E-state index in [2.05, 4.69) is 4.98 Å². The number of aryl methyl sites for hydroxylation is 1. The summed E-state index contributed by atoms with van der Waals surface area (Å²) in [6.45, 7) is 7.15. The molecule has 2 aromatic rings. The van der Waals surface area contributed by atoms with Crippen molar-refractivity contribution in [2.75, 3.05) is 6.61 Å². The topological polar surface area (TPSA) is 161 Å². The van der Waals surface area contributed by atoms with Gasteiger partial charge in [0, 0.05) is 34.0 Å². The van der Waals surface area contributed by atoms with E-state index in [1.165, 1.54) is 16.1 Å². The van der Waals surface area contributed by atoms with Crippen molar-refractivity contribution in [2.24, 2.45) is 12.8 Å². The van der Waals surface area contributed by atoms with Gasteiger partial charge in [0.2, 0.25) is 0 Å². The molecule has 0 aliphatic heterocycles. The van der Waals surface area contributed by atoms with E-state index in [4.69, 9.17) is 25.1 Å². The Bertz CT molecular complexity index is 1030. The predicted octanol–water partition coefficient (Wildman–Crippen LogP) is 0.562. The Labute approximate surface area is 185 Å². The van der Waals surface area contributed by atoms with Crippen molar-refractivity contribution >= 4 is 23.1 Å². The van der Waals surface area contributed by atoms with Crippen molar-refractivity contribution in [2.45, 2.75) is 72.9 Å². The summed E-state index contributed by atoms with van der Waals surface area (Å²) in [5.41, 5.74) is 5.54. The highest BCUT2D eigenvalue weighted by molar-refractivity contribution is 5.71. The first kappa shape index (κ1) is 27.0. The first-order valence-electron chi connectivity index (χ1n) is 10.4. The van der Waals surface area contributed by atoms with Gasteiger partial charge >= 0.3 is 11.7 Å². The number of carbonyl (C=O) groups is 2. The van der Waals surface area contributed by atoms with Gasteiger partial charge in [-0.15, -0.1) is 0 Å². The van der Waals surface area contributed by atoms with Gasteiger partial charge in [-0.2, -0.15) is 0 Å². The molecule has 0 aromatic carbocycles. The normalized spacial score (nSPS) is 11.7.